The van der Waals surface area contributed by atoms with E-state index in [1.165, 1.54) is 0 Å². The molecule has 0 N–H and O–H groups in total. The normalized spacial score (nSPS) is 21.3. The van der Waals surface area contributed by atoms with Crippen LogP contribution in [0.2, 0.25) is 0 Å². The van der Waals surface area contributed by atoms with Crippen LogP contribution in [0.3, 0.4) is 0 Å². The van der Waals surface area contributed by atoms with Crippen LogP contribution in [0.15, 0.2) is 29.0 Å². The van der Waals surface area contributed by atoms with Gasteiger partial charge in [-0.25, -0.2) is 0 Å². The van der Waals surface area contributed by atoms with E-state index < -0.39 is 0 Å². The Morgan fingerprint density at radius 3 is 3.05 bits per heavy atom. The fourth-order valence-corrected chi connectivity index (χ4v) is 2.99. The number of hydrogen-bond donors (Lipinski definition) is 0. The minimum absolute atomic E-state index is 0.0413. The van der Waals surface area contributed by atoms with Crippen LogP contribution in [-0.4, -0.2) is 32.5 Å². The van der Waals surface area contributed by atoms with E-state index in [0.717, 1.165) is 43.7 Å². The van der Waals surface area contributed by atoms with Crippen LogP contribution < -0.4 is 0 Å². The lowest BCUT2D eigenvalue weighted by Gasteiger charge is -2.22. The average molecular weight is 298 g/mol. The SMILES string of the molecule is O=C(Cc1cccnc1)N1CCC[C@@H]1c1noc(C2CC2)n1. The maximum Gasteiger partial charge on any atom is 0.229 e. The topological polar surface area (TPSA) is 72.1 Å². The highest BCUT2D eigenvalue weighted by Gasteiger charge is 2.35. The van der Waals surface area contributed by atoms with Crippen molar-refractivity contribution in [3.8, 4) is 0 Å². The predicted molar refractivity (Wildman–Crippen MR) is 77.9 cm³/mol. The molecule has 2 fully saturated rings. The fraction of sp³-hybridized carbons (Fsp3) is 0.500. The van der Waals surface area contributed by atoms with E-state index >= 15 is 0 Å². The fourth-order valence-electron chi connectivity index (χ4n) is 2.99. The van der Waals surface area contributed by atoms with Crippen LogP contribution in [0.1, 0.15) is 54.9 Å². The number of amides is 1. The highest BCUT2D eigenvalue weighted by atomic mass is 16.5. The molecular weight excluding hydrogens is 280 g/mol. The van der Waals surface area contributed by atoms with Crippen LogP contribution in [0, 0.1) is 0 Å². The van der Waals surface area contributed by atoms with E-state index in [9.17, 15) is 4.79 Å². The van der Waals surface area contributed by atoms with Crippen LogP contribution in [0.4, 0.5) is 0 Å². The second kappa shape index (κ2) is 5.51. The Kier molecular flexibility index (Phi) is 3.36. The van der Waals surface area contributed by atoms with Crippen molar-refractivity contribution in [1.29, 1.82) is 0 Å². The summed E-state index contributed by atoms with van der Waals surface area (Å²) in [6, 6.07) is 3.74. The molecule has 0 aromatic carbocycles. The van der Waals surface area contributed by atoms with Gasteiger partial charge in [0.25, 0.3) is 0 Å². The molecule has 2 aromatic heterocycles. The summed E-state index contributed by atoms with van der Waals surface area (Å²) in [5.74, 6) is 1.95. The van der Waals surface area contributed by atoms with E-state index in [1.54, 1.807) is 12.4 Å². The van der Waals surface area contributed by atoms with Crippen molar-refractivity contribution in [3.05, 3.63) is 41.8 Å². The highest BCUT2D eigenvalue weighted by Crippen LogP contribution is 2.40. The molecule has 2 aromatic rings. The zero-order chi connectivity index (χ0) is 14.9. The van der Waals surface area contributed by atoms with Gasteiger partial charge in [0, 0.05) is 24.9 Å². The number of rotatable bonds is 4. The van der Waals surface area contributed by atoms with Gasteiger partial charge in [0.1, 0.15) is 0 Å². The molecule has 6 heteroatoms. The molecule has 1 aliphatic carbocycles. The average Bonchev–Trinajstić information content (AvgIpc) is 3.08. The maximum absolute atomic E-state index is 12.6. The predicted octanol–water partition coefficient (Wildman–Crippen LogP) is 2.25. The van der Waals surface area contributed by atoms with Gasteiger partial charge >= 0.3 is 0 Å². The molecule has 1 amide bonds. The van der Waals surface area contributed by atoms with E-state index in [0.29, 0.717) is 18.2 Å². The zero-order valence-electron chi connectivity index (χ0n) is 12.3. The first-order chi connectivity index (χ1) is 10.8. The van der Waals surface area contributed by atoms with Crippen LogP contribution in [-0.2, 0) is 11.2 Å². The number of aromatic nitrogens is 3. The van der Waals surface area contributed by atoms with E-state index in [4.69, 9.17) is 4.52 Å². The summed E-state index contributed by atoms with van der Waals surface area (Å²) >= 11 is 0. The summed E-state index contributed by atoms with van der Waals surface area (Å²) in [6.07, 6.45) is 7.98. The van der Waals surface area contributed by atoms with Crippen molar-refractivity contribution in [3.63, 3.8) is 0 Å². The molecule has 0 bridgehead atoms. The number of likely N-dealkylation sites (tertiary alicyclic amines) is 1. The van der Waals surface area contributed by atoms with Gasteiger partial charge in [-0.1, -0.05) is 11.2 Å². The molecule has 0 unspecified atom stereocenters. The molecule has 3 heterocycles. The van der Waals surface area contributed by atoms with Crippen molar-refractivity contribution < 1.29 is 9.32 Å². The molecule has 6 nitrogen and oxygen atoms in total. The summed E-state index contributed by atoms with van der Waals surface area (Å²) < 4.78 is 5.34. The molecule has 2 aliphatic rings. The lowest BCUT2D eigenvalue weighted by atomic mass is 10.1. The number of hydrogen-bond acceptors (Lipinski definition) is 5. The first-order valence-electron chi connectivity index (χ1n) is 7.83. The number of pyridine rings is 1. The van der Waals surface area contributed by atoms with Crippen molar-refractivity contribution >= 4 is 5.91 Å². The van der Waals surface area contributed by atoms with E-state index in [1.807, 2.05) is 17.0 Å². The van der Waals surface area contributed by atoms with Crippen LogP contribution in [0.25, 0.3) is 0 Å². The Balaban J connectivity index is 1.48. The maximum atomic E-state index is 12.6. The molecule has 114 valence electrons. The largest absolute Gasteiger partial charge is 0.339 e. The quantitative estimate of drug-likeness (QED) is 0.865. The first kappa shape index (κ1) is 13.4. The van der Waals surface area contributed by atoms with Gasteiger partial charge in [-0.2, -0.15) is 4.98 Å². The van der Waals surface area contributed by atoms with Gasteiger partial charge in [0.15, 0.2) is 5.82 Å². The minimum atomic E-state index is -0.0413. The summed E-state index contributed by atoms with van der Waals surface area (Å²) in [7, 11) is 0. The number of carbonyl (C=O) groups is 1. The second-order valence-corrected chi connectivity index (χ2v) is 6.05. The highest BCUT2D eigenvalue weighted by molar-refractivity contribution is 5.79. The van der Waals surface area contributed by atoms with Crippen molar-refractivity contribution in [1.82, 2.24) is 20.0 Å². The monoisotopic (exact) mass is 298 g/mol. The van der Waals surface area contributed by atoms with E-state index in [2.05, 4.69) is 15.1 Å². The van der Waals surface area contributed by atoms with Gasteiger partial charge in [-0.15, -0.1) is 0 Å². The third kappa shape index (κ3) is 2.61. The Morgan fingerprint density at radius 1 is 1.36 bits per heavy atom. The first-order valence-corrected chi connectivity index (χ1v) is 7.83. The molecule has 0 spiro atoms. The summed E-state index contributed by atoms with van der Waals surface area (Å²) in [5.41, 5.74) is 0.935. The Bertz CT molecular complexity index is 666. The molecule has 1 atom stereocenters. The standard InChI is InChI=1S/C16H18N4O2/c21-14(9-11-3-1-7-17-10-11)20-8-2-4-13(20)15-18-16(22-19-15)12-5-6-12/h1,3,7,10,12-13H,2,4-6,8-9H2/t13-/m1/s1. The zero-order valence-corrected chi connectivity index (χ0v) is 12.3. The summed E-state index contributed by atoms with van der Waals surface area (Å²) in [6.45, 7) is 0.761. The van der Waals surface area contributed by atoms with Gasteiger partial charge in [0.05, 0.1) is 12.5 Å². The lowest BCUT2D eigenvalue weighted by molar-refractivity contribution is -0.131. The minimum Gasteiger partial charge on any atom is -0.339 e. The van der Waals surface area contributed by atoms with E-state index in [-0.39, 0.29) is 11.9 Å². The second-order valence-electron chi connectivity index (χ2n) is 6.05. The van der Waals surface area contributed by atoms with Gasteiger partial charge in [0.2, 0.25) is 11.8 Å². The molecule has 1 saturated heterocycles. The summed E-state index contributed by atoms with van der Waals surface area (Å²) in [4.78, 5) is 23.0. The number of carbonyl (C=O) groups excluding carboxylic acids is 1. The Morgan fingerprint density at radius 2 is 2.27 bits per heavy atom. The molecule has 1 aliphatic heterocycles. The van der Waals surface area contributed by atoms with Gasteiger partial charge in [-0.3, -0.25) is 9.78 Å². The number of nitrogens with zero attached hydrogens (tertiary/aromatic N) is 4. The third-order valence-corrected chi connectivity index (χ3v) is 4.33. The molecule has 0 radical (unpaired) electrons. The molecular formula is C16H18N4O2. The summed E-state index contributed by atoms with van der Waals surface area (Å²) in [5, 5.41) is 4.11. The van der Waals surface area contributed by atoms with Crippen LogP contribution >= 0.6 is 0 Å². The van der Waals surface area contributed by atoms with Gasteiger partial charge < -0.3 is 9.42 Å². The van der Waals surface area contributed by atoms with Crippen molar-refractivity contribution in [2.24, 2.45) is 0 Å². The molecule has 22 heavy (non-hydrogen) atoms. The third-order valence-electron chi connectivity index (χ3n) is 4.33. The van der Waals surface area contributed by atoms with Crippen molar-refractivity contribution in [2.75, 3.05) is 6.54 Å². The Hall–Kier alpha value is -2.24. The van der Waals surface area contributed by atoms with Crippen molar-refractivity contribution in [2.45, 2.75) is 44.1 Å². The molecule has 4 rings (SSSR count). The van der Waals surface area contributed by atoms with Crippen LogP contribution in [0.5, 0.6) is 0 Å². The Labute approximate surface area is 128 Å². The lowest BCUT2D eigenvalue weighted by Crippen LogP contribution is -2.32. The smallest absolute Gasteiger partial charge is 0.229 e. The molecule has 1 saturated carbocycles. The van der Waals surface area contributed by atoms with Gasteiger partial charge in [-0.05, 0) is 37.3 Å².